The summed E-state index contributed by atoms with van der Waals surface area (Å²) < 4.78 is 0. The monoisotopic (exact) mass is 140 g/mol. The van der Waals surface area contributed by atoms with Crippen LogP contribution in [0.4, 0.5) is 9.41 Å². The fraction of sp³-hybridized carbons (Fsp3) is 0. The Morgan fingerprint density at radius 2 is 0.600 bits per heavy atom. The largest absolute Gasteiger partial charge is 0.269 e. The molecule has 0 aromatic heterocycles. The van der Waals surface area contributed by atoms with Crippen molar-refractivity contribution in [1.29, 1.82) is 0 Å². The van der Waals surface area contributed by atoms with E-state index in [9.17, 15) is 0 Å². The summed E-state index contributed by atoms with van der Waals surface area (Å²) in [7, 11) is 0. The summed E-state index contributed by atoms with van der Waals surface area (Å²) in [5.41, 5.74) is 0. The molecular weight excluding hydrogens is 137 g/mol. The van der Waals surface area contributed by atoms with Crippen molar-refractivity contribution in [2.75, 3.05) is 0 Å². The lowest BCUT2D eigenvalue weighted by Gasteiger charge is -0.270. The fourth-order valence-corrected chi connectivity index (χ4v) is 0. The summed E-state index contributed by atoms with van der Waals surface area (Å²) in [6, 6.07) is 0. The highest BCUT2D eigenvalue weighted by molar-refractivity contribution is 5.85. The van der Waals surface area contributed by atoms with E-state index in [1.165, 1.54) is 0 Å². The predicted molar refractivity (Wildman–Crippen MR) is 25.3 cm³/mol. The van der Waals surface area contributed by atoms with E-state index < -0.39 is 0 Å². The Hall–Kier alpha value is 0.657. The lowest BCUT2D eigenvalue weighted by atomic mass is 19.0. The van der Waals surface area contributed by atoms with E-state index in [2.05, 4.69) is 0 Å². The summed E-state index contributed by atoms with van der Waals surface area (Å²) in [6.07, 6.45) is 0. The molecule has 0 spiro atoms. The third kappa shape index (κ3) is 76.2. The second-order valence-electron chi connectivity index (χ2n) is 0. The van der Waals surface area contributed by atoms with E-state index >= 15 is 0 Å². The number of rotatable bonds is 0. The molecule has 0 heterocycles. The van der Waals surface area contributed by atoms with Crippen molar-refractivity contribution in [2.24, 2.45) is 0 Å². The molecule has 0 aliphatic heterocycles. The van der Waals surface area contributed by atoms with E-state index in [0.29, 0.717) is 0 Å². The van der Waals surface area contributed by atoms with Gasteiger partial charge >= 0.3 is 0 Å². The van der Waals surface area contributed by atoms with Crippen molar-refractivity contribution in [3.63, 3.8) is 0 Å². The molecule has 0 rings (SSSR count). The lowest BCUT2D eigenvalue weighted by Crippen LogP contribution is -0.381. The first-order chi connectivity index (χ1) is 0. The molecule has 0 amide bonds. The lowest BCUT2D eigenvalue weighted by molar-refractivity contribution is 1.11. The minimum Gasteiger partial charge on any atom is -0.269 e. The molecule has 5 heavy (non-hydrogen) atoms. The van der Waals surface area contributed by atoms with Gasteiger partial charge in [0.25, 0.3) is 0 Å². The maximum absolute atomic E-state index is 0. The highest BCUT2D eigenvalue weighted by Crippen LogP contribution is 0.691. The van der Waals surface area contributed by atoms with Gasteiger partial charge in [0, 0.05) is 11.0 Å². The zero-order valence-corrected chi connectivity index (χ0v) is 4.77. The van der Waals surface area contributed by atoms with Crippen LogP contribution in [-0.2, 0) is 0 Å². The van der Waals surface area contributed by atoms with Crippen molar-refractivity contribution in [3.05, 3.63) is 0 Å². The Labute approximate surface area is 45.9 Å². The Balaban J connectivity index is 0. The van der Waals surface area contributed by atoms with E-state index in [1.54, 1.807) is 0 Å². The summed E-state index contributed by atoms with van der Waals surface area (Å²) in [6.45, 7) is 0. The minimum atomic E-state index is 0. The van der Waals surface area contributed by atoms with Crippen molar-refractivity contribution < 1.29 is 9.41 Å². The number of hydrogen-bond donors (Lipinski definition) is 0. The van der Waals surface area contributed by atoms with Gasteiger partial charge in [-0.25, -0.2) is 0 Å². The van der Waals surface area contributed by atoms with E-state index in [4.69, 9.17) is 0 Å². The molecule has 0 nitrogen and oxygen atoms in total. The maximum Gasteiger partial charge on any atom is 0 e. The van der Waals surface area contributed by atoms with E-state index in [0.717, 1.165) is 0 Å². The van der Waals surface area contributed by atoms with Gasteiger partial charge in [0.1, 0.15) is 0 Å². The zero-order valence-electron chi connectivity index (χ0n) is 2.13. The number of hydrogen-bond acceptors (Lipinski definition) is 0. The van der Waals surface area contributed by atoms with Gasteiger partial charge in [0.2, 0.25) is 0 Å². The highest BCUT2D eigenvalue weighted by atomic mass is 35.5. The molecule has 0 aromatic carbocycles. The van der Waals surface area contributed by atoms with Gasteiger partial charge in [-0.3, -0.25) is 9.41 Å². The SMILES string of the molecule is Cl.Cl.F.F.[Si]. The molecule has 0 aliphatic rings. The van der Waals surface area contributed by atoms with Gasteiger partial charge in [0.05, 0.1) is 0 Å². The molecule has 0 fully saturated rings. The summed E-state index contributed by atoms with van der Waals surface area (Å²) in [5, 5.41) is 0. The maximum atomic E-state index is 0. The molecule has 0 aromatic rings. The Morgan fingerprint density at radius 1 is 0.600 bits per heavy atom. The molecule has 5 heteroatoms. The average Bonchev–Trinajstić information content (AvgIpc) is 0. The highest BCUT2D eigenvalue weighted by Gasteiger charge is 0.0000214. The average molecular weight is 141 g/mol. The quantitative estimate of drug-likeness (QED) is 0.437. The summed E-state index contributed by atoms with van der Waals surface area (Å²) in [5.74, 6) is 0. The van der Waals surface area contributed by atoms with Gasteiger partial charge in [-0.1, -0.05) is 0 Å². The number of halogens is 4. The molecule has 0 unspecified atom stereocenters. The van der Waals surface area contributed by atoms with Crippen LogP contribution in [0, 0.1) is 0 Å². The van der Waals surface area contributed by atoms with Crippen LogP contribution in [-0.4, -0.2) is 11.0 Å². The van der Waals surface area contributed by atoms with Crippen LogP contribution in [0.15, 0.2) is 0 Å². The minimum absolute atomic E-state index is 0. The summed E-state index contributed by atoms with van der Waals surface area (Å²) >= 11 is 0. The smallest absolute Gasteiger partial charge is 0 e. The van der Waals surface area contributed by atoms with Gasteiger partial charge in [-0.15, -0.1) is 24.8 Å². The topological polar surface area (TPSA) is 0 Å². The van der Waals surface area contributed by atoms with Crippen LogP contribution < -0.4 is 0 Å². The molecule has 0 atom stereocenters. The third-order valence-electron chi connectivity index (χ3n) is 0. The van der Waals surface area contributed by atoms with Crippen molar-refractivity contribution in [3.8, 4) is 0 Å². The third-order valence-corrected chi connectivity index (χ3v) is 0. The molecule has 4 radical (unpaired) electrons. The van der Waals surface area contributed by atoms with Crippen LogP contribution in [0.2, 0.25) is 0 Å². The van der Waals surface area contributed by atoms with Crippen LogP contribution >= 0.6 is 24.8 Å². The molecular formula is H4Cl2F2Si. The Kier molecular flexibility index (Phi) is 8210. The van der Waals surface area contributed by atoms with E-state index in [-0.39, 0.29) is 45.2 Å². The zero-order chi connectivity index (χ0) is 0. The first-order valence-electron chi connectivity index (χ1n) is 0. The second kappa shape index (κ2) is 144. The van der Waals surface area contributed by atoms with Gasteiger partial charge in [-0.05, 0) is 0 Å². The standard InChI is InChI=1S/2ClH.2FH.Si/h4*1H;. The molecule has 0 aliphatic carbocycles. The van der Waals surface area contributed by atoms with Crippen molar-refractivity contribution in [1.82, 2.24) is 0 Å². The molecule has 36 valence electrons. The van der Waals surface area contributed by atoms with E-state index in [1.807, 2.05) is 0 Å². The fourth-order valence-electron chi connectivity index (χ4n) is 0. The first kappa shape index (κ1) is 284. The van der Waals surface area contributed by atoms with Crippen molar-refractivity contribution in [2.45, 2.75) is 0 Å². The van der Waals surface area contributed by atoms with Crippen LogP contribution in [0.1, 0.15) is 0 Å². The Bertz CT molecular complexity index is 7.61. The van der Waals surface area contributed by atoms with Gasteiger partial charge in [-0.2, -0.15) is 0 Å². The predicted octanol–water partition coefficient (Wildman–Crippen LogP) is 0.768. The van der Waals surface area contributed by atoms with Crippen LogP contribution in [0.5, 0.6) is 0 Å². The molecule has 0 saturated carbocycles. The second-order valence-corrected chi connectivity index (χ2v) is 0. The van der Waals surface area contributed by atoms with Crippen LogP contribution in [0.3, 0.4) is 0 Å². The molecule has 0 bridgehead atoms. The normalized spacial score (nSPS) is 0. The van der Waals surface area contributed by atoms with Crippen LogP contribution in [0.25, 0.3) is 0 Å². The molecule has 0 saturated heterocycles. The van der Waals surface area contributed by atoms with Gasteiger partial charge < -0.3 is 0 Å². The first-order valence-corrected chi connectivity index (χ1v) is 0. The molecule has 0 N–H and O–H groups in total. The van der Waals surface area contributed by atoms with Crippen molar-refractivity contribution >= 4 is 35.8 Å². The van der Waals surface area contributed by atoms with Gasteiger partial charge in [0.15, 0.2) is 0 Å². The summed E-state index contributed by atoms with van der Waals surface area (Å²) in [4.78, 5) is 0. The Morgan fingerprint density at radius 3 is 0.600 bits per heavy atom.